The highest BCUT2D eigenvalue weighted by molar-refractivity contribution is 7.92. The first-order valence-corrected chi connectivity index (χ1v) is 10.7. The molecule has 2 rings (SSSR count). The van der Waals surface area contributed by atoms with Crippen molar-refractivity contribution >= 4 is 27.5 Å². The van der Waals surface area contributed by atoms with Crippen molar-refractivity contribution in [3.63, 3.8) is 0 Å². The van der Waals surface area contributed by atoms with Crippen LogP contribution in [0.15, 0.2) is 24.3 Å². The fraction of sp³-hybridized carbons (Fsp3) is 0.556. The van der Waals surface area contributed by atoms with Crippen molar-refractivity contribution < 1.29 is 18.0 Å². The molecule has 1 heterocycles. The average Bonchev–Trinajstić information content (AvgIpc) is 2.60. The van der Waals surface area contributed by atoms with Gasteiger partial charge >= 0.3 is 0 Å². The Hall–Kier alpha value is -2.09. The monoisotopic (exact) mass is 381 g/mol. The molecule has 26 heavy (non-hydrogen) atoms. The van der Waals surface area contributed by atoms with Gasteiger partial charge in [-0.3, -0.25) is 13.9 Å². The number of aryl methyl sites for hydroxylation is 1. The minimum Gasteiger partial charge on any atom is -0.369 e. The summed E-state index contributed by atoms with van der Waals surface area (Å²) < 4.78 is 25.9. The molecule has 8 heteroatoms. The summed E-state index contributed by atoms with van der Waals surface area (Å²) in [6.45, 7) is 4.43. The van der Waals surface area contributed by atoms with Crippen LogP contribution in [0.1, 0.15) is 32.3 Å². The Morgan fingerprint density at radius 1 is 1.23 bits per heavy atom. The molecular weight excluding hydrogens is 354 g/mol. The number of primary amides is 1. The zero-order chi connectivity index (χ0) is 19.5. The number of nitrogens with two attached hydrogens (primary N) is 1. The molecule has 1 aromatic carbocycles. The van der Waals surface area contributed by atoms with Crippen LogP contribution in [0.4, 0.5) is 5.69 Å². The van der Waals surface area contributed by atoms with E-state index < -0.39 is 16.1 Å². The van der Waals surface area contributed by atoms with Crippen LogP contribution in [0.5, 0.6) is 0 Å². The van der Waals surface area contributed by atoms with Crippen LogP contribution < -0.4 is 10.0 Å². The summed E-state index contributed by atoms with van der Waals surface area (Å²) >= 11 is 0. The van der Waals surface area contributed by atoms with E-state index >= 15 is 0 Å². The van der Waals surface area contributed by atoms with Gasteiger partial charge in [0.1, 0.15) is 6.04 Å². The summed E-state index contributed by atoms with van der Waals surface area (Å²) in [5.41, 5.74) is 6.89. The molecule has 0 bridgehead atoms. The van der Waals surface area contributed by atoms with E-state index in [1.54, 1.807) is 24.0 Å². The van der Waals surface area contributed by atoms with Gasteiger partial charge in [0.2, 0.25) is 21.8 Å². The molecule has 2 amide bonds. The summed E-state index contributed by atoms with van der Waals surface area (Å²) in [6.07, 6.45) is 2.97. The van der Waals surface area contributed by atoms with E-state index in [4.69, 9.17) is 5.73 Å². The summed E-state index contributed by atoms with van der Waals surface area (Å²) in [5, 5.41) is 0. The Balaban J connectivity index is 2.20. The SMILES string of the molecule is CCc1ccc(N([C@@H](C)C(=O)N2CCC(C(N)=O)CC2)S(C)(=O)=O)cc1. The lowest BCUT2D eigenvalue weighted by atomic mass is 9.96. The molecule has 0 saturated carbocycles. The van der Waals surface area contributed by atoms with E-state index in [0.717, 1.165) is 22.5 Å². The van der Waals surface area contributed by atoms with Gasteiger partial charge in [0, 0.05) is 19.0 Å². The van der Waals surface area contributed by atoms with Gasteiger partial charge < -0.3 is 10.6 Å². The van der Waals surface area contributed by atoms with Gasteiger partial charge in [0.05, 0.1) is 11.9 Å². The molecule has 0 aliphatic carbocycles. The molecule has 1 atom stereocenters. The largest absolute Gasteiger partial charge is 0.369 e. The molecule has 2 N–H and O–H groups in total. The van der Waals surface area contributed by atoms with Crippen molar-refractivity contribution in [1.29, 1.82) is 0 Å². The number of hydrogen-bond donors (Lipinski definition) is 1. The van der Waals surface area contributed by atoms with Crippen LogP contribution in [0.25, 0.3) is 0 Å². The van der Waals surface area contributed by atoms with Crippen molar-refractivity contribution in [1.82, 2.24) is 4.90 Å². The smallest absolute Gasteiger partial charge is 0.246 e. The number of benzene rings is 1. The average molecular weight is 381 g/mol. The Bertz CT molecular complexity index is 753. The van der Waals surface area contributed by atoms with Gasteiger partial charge in [-0.1, -0.05) is 19.1 Å². The summed E-state index contributed by atoms with van der Waals surface area (Å²) in [4.78, 5) is 25.7. The van der Waals surface area contributed by atoms with Crippen LogP contribution >= 0.6 is 0 Å². The number of hydrogen-bond acceptors (Lipinski definition) is 4. The first kappa shape index (κ1) is 20.2. The van der Waals surface area contributed by atoms with E-state index in [1.165, 1.54) is 0 Å². The van der Waals surface area contributed by atoms with Crippen molar-refractivity contribution in [2.45, 2.75) is 39.2 Å². The number of carbonyl (C=O) groups is 2. The zero-order valence-corrected chi connectivity index (χ0v) is 16.3. The maximum Gasteiger partial charge on any atom is 0.246 e. The lowest BCUT2D eigenvalue weighted by molar-refractivity contribution is -0.135. The third-order valence-corrected chi connectivity index (χ3v) is 6.12. The normalized spacial score (nSPS) is 17.0. The van der Waals surface area contributed by atoms with Crippen LogP contribution in [0.3, 0.4) is 0 Å². The number of sulfonamides is 1. The standard InChI is InChI=1S/C18H27N3O4S/c1-4-14-5-7-16(8-6-14)21(26(3,24)25)13(2)18(23)20-11-9-15(10-12-20)17(19)22/h5-8,13,15H,4,9-12H2,1-3H3,(H2,19,22)/t13-/m0/s1. The van der Waals surface area contributed by atoms with Gasteiger partial charge in [-0.05, 0) is 43.9 Å². The number of anilines is 1. The fourth-order valence-electron chi connectivity index (χ4n) is 3.33. The minimum atomic E-state index is -3.63. The van der Waals surface area contributed by atoms with Crippen molar-refractivity contribution in [2.75, 3.05) is 23.7 Å². The van der Waals surface area contributed by atoms with Crippen molar-refractivity contribution in [3.05, 3.63) is 29.8 Å². The molecule has 0 unspecified atom stereocenters. The van der Waals surface area contributed by atoms with Crippen LogP contribution in [-0.2, 0) is 26.0 Å². The maximum absolute atomic E-state index is 12.9. The highest BCUT2D eigenvalue weighted by atomic mass is 32.2. The minimum absolute atomic E-state index is 0.220. The van der Waals surface area contributed by atoms with Gasteiger partial charge in [-0.2, -0.15) is 0 Å². The second kappa shape index (κ2) is 8.07. The van der Waals surface area contributed by atoms with Gasteiger partial charge in [-0.25, -0.2) is 8.42 Å². The van der Waals surface area contributed by atoms with Crippen molar-refractivity contribution in [3.8, 4) is 0 Å². The number of piperidine rings is 1. The fourth-order valence-corrected chi connectivity index (χ4v) is 4.50. The van der Waals surface area contributed by atoms with Gasteiger partial charge in [-0.15, -0.1) is 0 Å². The molecule has 0 aromatic heterocycles. The molecule has 0 radical (unpaired) electrons. The van der Waals surface area contributed by atoms with E-state index in [9.17, 15) is 18.0 Å². The molecule has 1 fully saturated rings. The van der Waals surface area contributed by atoms with Crippen molar-refractivity contribution in [2.24, 2.45) is 11.7 Å². The number of nitrogens with zero attached hydrogens (tertiary/aromatic N) is 2. The summed E-state index contributed by atoms with van der Waals surface area (Å²) in [7, 11) is -3.63. The summed E-state index contributed by atoms with van der Waals surface area (Å²) in [5.74, 6) is -0.834. The Morgan fingerprint density at radius 3 is 2.19 bits per heavy atom. The topological polar surface area (TPSA) is 101 Å². The van der Waals surface area contributed by atoms with Gasteiger partial charge in [0.25, 0.3) is 0 Å². The lowest BCUT2D eigenvalue weighted by Gasteiger charge is -2.36. The Morgan fingerprint density at radius 2 is 1.77 bits per heavy atom. The lowest BCUT2D eigenvalue weighted by Crippen LogP contribution is -2.52. The van der Waals surface area contributed by atoms with Crippen LogP contribution in [-0.4, -0.2) is 50.5 Å². The molecule has 0 spiro atoms. The number of carbonyl (C=O) groups excluding carboxylic acids is 2. The highest BCUT2D eigenvalue weighted by Crippen LogP contribution is 2.24. The Kier molecular flexibility index (Phi) is 6.28. The third-order valence-electron chi connectivity index (χ3n) is 4.87. The van der Waals surface area contributed by atoms with E-state index in [2.05, 4.69) is 0 Å². The van der Waals surface area contributed by atoms with E-state index in [1.807, 2.05) is 19.1 Å². The third kappa shape index (κ3) is 4.55. The predicted octanol–water partition coefficient (Wildman–Crippen LogP) is 1.13. The molecule has 1 aliphatic rings. The first-order chi connectivity index (χ1) is 12.1. The van der Waals surface area contributed by atoms with E-state index in [-0.39, 0.29) is 17.7 Å². The molecule has 1 aliphatic heterocycles. The Labute approximate surface area is 155 Å². The number of amides is 2. The molecule has 144 valence electrons. The highest BCUT2D eigenvalue weighted by Gasteiger charge is 2.34. The molecule has 7 nitrogen and oxygen atoms in total. The molecule has 1 saturated heterocycles. The van der Waals surface area contributed by atoms with Gasteiger partial charge in [0.15, 0.2) is 0 Å². The maximum atomic E-state index is 12.9. The second-order valence-electron chi connectivity index (χ2n) is 6.76. The zero-order valence-electron chi connectivity index (χ0n) is 15.5. The van der Waals surface area contributed by atoms with Crippen LogP contribution in [0, 0.1) is 5.92 Å². The molecular formula is C18H27N3O4S. The quantitative estimate of drug-likeness (QED) is 0.798. The predicted molar refractivity (Wildman–Crippen MR) is 101 cm³/mol. The first-order valence-electron chi connectivity index (χ1n) is 8.81. The molecule has 1 aromatic rings. The second-order valence-corrected chi connectivity index (χ2v) is 8.62. The number of likely N-dealkylation sites (tertiary alicyclic amines) is 1. The van der Waals surface area contributed by atoms with E-state index in [0.29, 0.717) is 31.6 Å². The van der Waals surface area contributed by atoms with Crippen LogP contribution in [0.2, 0.25) is 0 Å². The number of rotatable bonds is 6. The summed E-state index contributed by atoms with van der Waals surface area (Å²) in [6, 6.07) is 6.32.